The average Bonchev–Trinajstić information content (AvgIpc) is 2.58. The number of allylic oxidation sites excluding steroid dienone is 4. The fraction of sp³-hybridized carbons (Fsp3) is 0.778. The molecular formula is C18H32O2Si. The van der Waals surface area contributed by atoms with Crippen LogP contribution in [-0.2, 0) is 8.85 Å². The van der Waals surface area contributed by atoms with Gasteiger partial charge < -0.3 is 8.85 Å². The Hall–Kier alpha value is -0.383. The van der Waals surface area contributed by atoms with Gasteiger partial charge in [0, 0.05) is 14.2 Å². The summed E-state index contributed by atoms with van der Waals surface area (Å²) in [4.78, 5) is 0. The molecule has 0 aromatic heterocycles. The number of rotatable bonds is 8. The predicted molar refractivity (Wildman–Crippen MR) is 91.6 cm³/mol. The van der Waals surface area contributed by atoms with E-state index in [1.54, 1.807) is 0 Å². The first-order valence-corrected chi connectivity index (χ1v) is 10.9. The van der Waals surface area contributed by atoms with E-state index in [1.165, 1.54) is 63.5 Å². The lowest BCUT2D eigenvalue weighted by Gasteiger charge is -2.31. The molecule has 0 amide bonds. The van der Waals surface area contributed by atoms with E-state index in [2.05, 4.69) is 24.3 Å². The van der Waals surface area contributed by atoms with Crippen molar-refractivity contribution in [1.82, 2.24) is 0 Å². The van der Waals surface area contributed by atoms with Gasteiger partial charge in [0.25, 0.3) is 0 Å². The van der Waals surface area contributed by atoms with E-state index in [-0.39, 0.29) is 0 Å². The molecule has 2 nitrogen and oxygen atoms in total. The molecule has 3 heteroatoms. The van der Waals surface area contributed by atoms with Crippen molar-refractivity contribution in [2.24, 2.45) is 11.8 Å². The van der Waals surface area contributed by atoms with Gasteiger partial charge in [-0.3, -0.25) is 0 Å². The van der Waals surface area contributed by atoms with Crippen LogP contribution in [0.3, 0.4) is 0 Å². The van der Waals surface area contributed by atoms with Crippen LogP contribution in [0.15, 0.2) is 24.3 Å². The monoisotopic (exact) mass is 308 g/mol. The summed E-state index contributed by atoms with van der Waals surface area (Å²) in [5.74, 6) is 1.70. The van der Waals surface area contributed by atoms with Crippen LogP contribution in [0.2, 0.25) is 12.1 Å². The molecule has 0 radical (unpaired) electrons. The SMILES string of the molecule is CO[Si](CCC1CC=CCC1)(CCC1CC=CCC1)OC. The van der Waals surface area contributed by atoms with Gasteiger partial charge in [-0.15, -0.1) is 0 Å². The Morgan fingerprint density at radius 1 is 0.810 bits per heavy atom. The van der Waals surface area contributed by atoms with Gasteiger partial charge in [0.15, 0.2) is 0 Å². The minimum atomic E-state index is -1.96. The van der Waals surface area contributed by atoms with E-state index >= 15 is 0 Å². The number of hydrogen-bond acceptors (Lipinski definition) is 2. The van der Waals surface area contributed by atoms with E-state index in [9.17, 15) is 0 Å². The highest BCUT2D eigenvalue weighted by Gasteiger charge is 2.36. The first kappa shape index (κ1) is 17.0. The highest BCUT2D eigenvalue weighted by atomic mass is 28.4. The fourth-order valence-corrected chi connectivity index (χ4v) is 6.63. The third kappa shape index (κ3) is 5.39. The van der Waals surface area contributed by atoms with Crippen LogP contribution < -0.4 is 0 Å². The van der Waals surface area contributed by atoms with E-state index in [0.29, 0.717) is 0 Å². The third-order valence-corrected chi connectivity index (χ3v) is 8.96. The van der Waals surface area contributed by atoms with E-state index in [1.807, 2.05) is 14.2 Å². The average molecular weight is 309 g/mol. The molecule has 0 N–H and O–H groups in total. The van der Waals surface area contributed by atoms with Crippen LogP contribution in [0, 0.1) is 11.8 Å². The van der Waals surface area contributed by atoms with Crippen LogP contribution in [0.25, 0.3) is 0 Å². The van der Waals surface area contributed by atoms with E-state index in [4.69, 9.17) is 8.85 Å². The minimum absolute atomic E-state index is 0.852. The quantitative estimate of drug-likeness (QED) is 0.452. The van der Waals surface area contributed by atoms with Crippen molar-refractivity contribution in [2.75, 3.05) is 14.2 Å². The lowest BCUT2D eigenvalue weighted by Crippen LogP contribution is -2.40. The lowest BCUT2D eigenvalue weighted by atomic mass is 9.92. The highest BCUT2D eigenvalue weighted by molar-refractivity contribution is 6.67. The molecule has 0 saturated carbocycles. The summed E-state index contributed by atoms with van der Waals surface area (Å²) in [6.07, 6.45) is 19.6. The van der Waals surface area contributed by atoms with Gasteiger partial charge in [-0.2, -0.15) is 0 Å². The van der Waals surface area contributed by atoms with Crippen LogP contribution in [0.4, 0.5) is 0 Å². The summed E-state index contributed by atoms with van der Waals surface area (Å²) in [5.41, 5.74) is 0. The van der Waals surface area contributed by atoms with Gasteiger partial charge in [-0.25, -0.2) is 0 Å². The molecule has 2 aliphatic rings. The number of hydrogen-bond donors (Lipinski definition) is 0. The minimum Gasteiger partial charge on any atom is -0.398 e. The molecule has 120 valence electrons. The van der Waals surface area contributed by atoms with Gasteiger partial charge in [0.2, 0.25) is 0 Å². The van der Waals surface area contributed by atoms with Gasteiger partial charge in [0.05, 0.1) is 0 Å². The Morgan fingerprint density at radius 2 is 1.29 bits per heavy atom. The van der Waals surface area contributed by atoms with Crippen molar-refractivity contribution in [1.29, 1.82) is 0 Å². The molecule has 0 bridgehead atoms. The maximum atomic E-state index is 5.95. The molecule has 0 aromatic carbocycles. The smallest absolute Gasteiger partial charge is 0.337 e. The van der Waals surface area contributed by atoms with Crippen LogP contribution in [0.1, 0.15) is 51.4 Å². The first-order chi connectivity index (χ1) is 10.3. The summed E-state index contributed by atoms with van der Waals surface area (Å²) in [6, 6.07) is 2.34. The van der Waals surface area contributed by atoms with Gasteiger partial charge in [-0.1, -0.05) is 24.3 Å². The van der Waals surface area contributed by atoms with Gasteiger partial charge in [-0.05, 0) is 75.3 Å². The summed E-state index contributed by atoms with van der Waals surface area (Å²) in [6.45, 7) is 0. The molecule has 2 unspecified atom stereocenters. The van der Waals surface area contributed by atoms with Crippen LogP contribution in [-0.4, -0.2) is 22.8 Å². The Morgan fingerprint density at radius 3 is 1.62 bits per heavy atom. The van der Waals surface area contributed by atoms with Crippen molar-refractivity contribution in [2.45, 2.75) is 63.5 Å². The zero-order valence-corrected chi connectivity index (χ0v) is 14.9. The summed E-state index contributed by atoms with van der Waals surface area (Å²) >= 11 is 0. The molecule has 21 heavy (non-hydrogen) atoms. The maximum Gasteiger partial charge on any atom is 0.337 e. The van der Waals surface area contributed by atoms with Crippen molar-refractivity contribution in [3.8, 4) is 0 Å². The molecule has 0 saturated heterocycles. The topological polar surface area (TPSA) is 18.5 Å². The Labute approximate surface area is 131 Å². The Balaban J connectivity index is 1.79. The predicted octanol–water partition coefficient (Wildman–Crippen LogP) is 5.21. The second-order valence-electron chi connectivity index (χ2n) is 6.70. The molecule has 2 atom stereocenters. The fourth-order valence-electron chi connectivity index (χ4n) is 3.70. The molecule has 0 fully saturated rings. The van der Waals surface area contributed by atoms with E-state index < -0.39 is 8.56 Å². The molecule has 2 rings (SSSR count). The van der Waals surface area contributed by atoms with Crippen LogP contribution >= 0.6 is 0 Å². The van der Waals surface area contributed by atoms with Crippen molar-refractivity contribution in [3.63, 3.8) is 0 Å². The van der Waals surface area contributed by atoms with Crippen LogP contribution in [0.5, 0.6) is 0 Å². The van der Waals surface area contributed by atoms with Crippen molar-refractivity contribution >= 4 is 8.56 Å². The Kier molecular flexibility index (Phi) is 7.21. The largest absolute Gasteiger partial charge is 0.398 e. The second kappa shape index (κ2) is 8.91. The molecule has 0 aromatic rings. The van der Waals surface area contributed by atoms with Crippen molar-refractivity contribution < 1.29 is 8.85 Å². The zero-order valence-electron chi connectivity index (χ0n) is 13.9. The molecular weight excluding hydrogens is 276 g/mol. The second-order valence-corrected chi connectivity index (χ2v) is 10.3. The van der Waals surface area contributed by atoms with Gasteiger partial charge >= 0.3 is 8.56 Å². The first-order valence-electron chi connectivity index (χ1n) is 8.68. The standard InChI is InChI=1S/C18H32O2Si/c1-19-21(20-2,15-13-17-9-5-3-6-10-17)16-14-18-11-7-4-8-12-18/h3-5,7,17-18H,6,8-16H2,1-2H3. The van der Waals surface area contributed by atoms with E-state index in [0.717, 1.165) is 11.8 Å². The summed E-state index contributed by atoms with van der Waals surface area (Å²) < 4.78 is 11.9. The summed E-state index contributed by atoms with van der Waals surface area (Å²) in [5, 5.41) is 0. The zero-order chi connectivity index (χ0) is 15.0. The highest BCUT2D eigenvalue weighted by Crippen LogP contribution is 2.32. The van der Waals surface area contributed by atoms with Crippen molar-refractivity contribution in [3.05, 3.63) is 24.3 Å². The van der Waals surface area contributed by atoms with Gasteiger partial charge in [0.1, 0.15) is 0 Å². The molecule has 0 spiro atoms. The lowest BCUT2D eigenvalue weighted by molar-refractivity contribution is 0.231. The molecule has 0 aliphatic heterocycles. The molecule has 0 heterocycles. The normalized spacial score (nSPS) is 26.2. The third-order valence-electron chi connectivity index (χ3n) is 5.37. The molecule has 2 aliphatic carbocycles. The Bertz CT molecular complexity index is 317. The summed E-state index contributed by atoms with van der Waals surface area (Å²) in [7, 11) is 1.79. The maximum absolute atomic E-state index is 5.95.